The van der Waals surface area contributed by atoms with Gasteiger partial charge in [-0.25, -0.2) is 0 Å². The first-order valence-electron chi connectivity index (χ1n) is 6.36. The number of nitro benzene ring substituents is 1. The Morgan fingerprint density at radius 1 is 1.24 bits per heavy atom. The quantitative estimate of drug-likeness (QED) is 0.651. The van der Waals surface area contributed by atoms with E-state index < -0.39 is 4.92 Å². The van der Waals surface area contributed by atoms with Gasteiger partial charge in [0.25, 0.3) is 0 Å². The van der Waals surface area contributed by atoms with Crippen molar-refractivity contribution < 1.29 is 9.66 Å². The lowest BCUT2D eigenvalue weighted by molar-refractivity contribution is -0.385. The molecule has 0 aromatic heterocycles. The molecule has 0 saturated heterocycles. The van der Waals surface area contributed by atoms with E-state index in [9.17, 15) is 10.1 Å². The Labute approximate surface area is 131 Å². The Morgan fingerprint density at radius 2 is 1.90 bits per heavy atom. The molecule has 21 heavy (non-hydrogen) atoms. The van der Waals surface area contributed by atoms with Crippen LogP contribution in [-0.4, -0.2) is 4.92 Å². The topological polar surface area (TPSA) is 78.4 Å². The number of hydrogen-bond donors (Lipinski definition) is 1. The van der Waals surface area contributed by atoms with Gasteiger partial charge >= 0.3 is 5.69 Å². The van der Waals surface area contributed by atoms with E-state index in [4.69, 9.17) is 10.5 Å². The summed E-state index contributed by atoms with van der Waals surface area (Å²) in [5.74, 6) is 0.718. The minimum absolute atomic E-state index is 0.0615. The van der Waals surface area contributed by atoms with Gasteiger partial charge in [0.1, 0.15) is 5.75 Å². The Bertz CT molecular complexity index is 687. The number of nitrogens with zero attached hydrogens (tertiary/aromatic N) is 1. The third-order valence-corrected chi connectivity index (χ3v) is 3.49. The maximum Gasteiger partial charge on any atom is 0.311 e. The highest BCUT2D eigenvalue weighted by Gasteiger charge is 2.18. The maximum atomic E-state index is 11.1. The Morgan fingerprint density at radius 3 is 2.52 bits per heavy atom. The van der Waals surface area contributed by atoms with Crippen LogP contribution in [0.25, 0.3) is 0 Å². The van der Waals surface area contributed by atoms with Crippen molar-refractivity contribution in [2.45, 2.75) is 19.9 Å². The number of halogens is 1. The standard InChI is InChI=1S/C15H15BrN2O3/c1-9-3-5-15(13(7-9)18(19)20)21-14-6-4-11(16)8-12(14)10(2)17/h3-8,10H,17H2,1-2H3. The van der Waals surface area contributed by atoms with E-state index in [2.05, 4.69) is 15.9 Å². The first-order valence-corrected chi connectivity index (χ1v) is 7.15. The van der Waals surface area contributed by atoms with E-state index in [1.807, 2.05) is 13.0 Å². The number of aryl methyl sites for hydroxylation is 1. The molecule has 0 amide bonds. The summed E-state index contributed by atoms with van der Waals surface area (Å²) in [5, 5.41) is 11.1. The molecule has 1 unspecified atom stereocenters. The van der Waals surface area contributed by atoms with Gasteiger partial charge in [-0.3, -0.25) is 10.1 Å². The molecule has 0 aliphatic heterocycles. The van der Waals surface area contributed by atoms with Gasteiger partial charge in [-0.15, -0.1) is 0 Å². The molecule has 5 nitrogen and oxygen atoms in total. The molecule has 2 aromatic rings. The molecule has 0 heterocycles. The Hall–Kier alpha value is -1.92. The van der Waals surface area contributed by atoms with Crippen molar-refractivity contribution in [2.24, 2.45) is 5.73 Å². The number of hydrogen-bond acceptors (Lipinski definition) is 4. The van der Waals surface area contributed by atoms with Crippen molar-refractivity contribution in [1.29, 1.82) is 0 Å². The number of nitrogens with two attached hydrogens (primary N) is 1. The highest BCUT2D eigenvalue weighted by molar-refractivity contribution is 9.10. The summed E-state index contributed by atoms with van der Waals surface area (Å²) in [6, 6.07) is 10.0. The minimum Gasteiger partial charge on any atom is -0.450 e. The zero-order chi connectivity index (χ0) is 15.6. The average Bonchev–Trinajstić information content (AvgIpc) is 2.42. The number of benzene rings is 2. The third kappa shape index (κ3) is 3.59. The maximum absolute atomic E-state index is 11.1. The van der Waals surface area contributed by atoms with Crippen LogP contribution in [0.4, 0.5) is 5.69 Å². The zero-order valence-electron chi connectivity index (χ0n) is 11.7. The van der Waals surface area contributed by atoms with Gasteiger partial charge in [0, 0.05) is 22.1 Å². The van der Waals surface area contributed by atoms with Gasteiger partial charge in [-0.2, -0.15) is 0 Å². The second kappa shape index (κ2) is 6.24. The second-order valence-electron chi connectivity index (χ2n) is 4.80. The molecule has 0 saturated carbocycles. The molecule has 0 spiro atoms. The van der Waals surface area contributed by atoms with Crippen molar-refractivity contribution in [3.8, 4) is 11.5 Å². The lowest BCUT2D eigenvalue weighted by atomic mass is 10.1. The predicted octanol–water partition coefficient (Wildman–Crippen LogP) is 4.48. The highest BCUT2D eigenvalue weighted by Crippen LogP contribution is 2.36. The fourth-order valence-corrected chi connectivity index (χ4v) is 2.32. The number of rotatable bonds is 4. The van der Waals surface area contributed by atoms with Crippen LogP contribution in [0.15, 0.2) is 40.9 Å². The molecule has 110 valence electrons. The minimum atomic E-state index is -0.452. The number of ether oxygens (including phenoxy) is 1. The van der Waals surface area contributed by atoms with E-state index in [0.29, 0.717) is 5.75 Å². The molecule has 0 radical (unpaired) electrons. The molecule has 2 aromatic carbocycles. The fraction of sp³-hybridized carbons (Fsp3) is 0.200. The average molecular weight is 351 g/mol. The summed E-state index contributed by atoms with van der Waals surface area (Å²) in [6.07, 6.45) is 0. The van der Waals surface area contributed by atoms with Gasteiger partial charge in [0.2, 0.25) is 5.75 Å². The van der Waals surface area contributed by atoms with Crippen LogP contribution >= 0.6 is 15.9 Å². The molecule has 0 fully saturated rings. The lowest BCUT2D eigenvalue weighted by Gasteiger charge is -2.14. The van der Waals surface area contributed by atoms with Gasteiger partial charge in [0.15, 0.2) is 0 Å². The first-order chi connectivity index (χ1) is 9.88. The Kier molecular flexibility index (Phi) is 4.59. The summed E-state index contributed by atoms with van der Waals surface area (Å²) < 4.78 is 6.61. The van der Waals surface area contributed by atoms with Crippen LogP contribution in [-0.2, 0) is 0 Å². The van der Waals surface area contributed by atoms with Crippen LogP contribution in [0.5, 0.6) is 11.5 Å². The smallest absolute Gasteiger partial charge is 0.311 e. The van der Waals surface area contributed by atoms with Gasteiger partial charge in [-0.1, -0.05) is 22.0 Å². The zero-order valence-corrected chi connectivity index (χ0v) is 13.3. The summed E-state index contributed by atoms with van der Waals surface area (Å²) in [5.41, 5.74) is 7.44. The van der Waals surface area contributed by atoms with E-state index in [0.717, 1.165) is 15.6 Å². The number of nitro groups is 1. The summed E-state index contributed by atoms with van der Waals surface area (Å²) in [6.45, 7) is 3.63. The largest absolute Gasteiger partial charge is 0.450 e. The van der Waals surface area contributed by atoms with Crippen molar-refractivity contribution in [1.82, 2.24) is 0 Å². The van der Waals surface area contributed by atoms with Crippen LogP contribution < -0.4 is 10.5 Å². The van der Waals surface area contributed by atoms with E-state index in [1.54, 1.807) is 31.2 Å². The molecule has 6 heteroatoms. The van der Waals surface area contributed by atoms with Crippen molar-refractivity contribution in [3.63, 3.8) is 0 Å². The molecule has 0 bridgehead atoms. The normalized spacial score (nSPS) is 12.0. The second-order valence-corrected chi connectivity index (χ2v) is 5.72. The monoisotopic (exact) mass is 350 g/mol. The summed E-state index contributed by atoms with van der Waals surface area (Å²) in [4.78, 5) is 10.7. The summed E-state index contributed by atoms with van der Waals surface area (Å²) >= 11 is 3.38. The van der Waals surface area contributed by atoms with E-state index in [1.165, 1.54) is 6.07 Å². The van der Waals surface area contributed by atoms with Crippen LogP contribution in [0.1, 0.15) is 24.1 Å². The van der Waals surface area contributed by atoms with E-state index in [-0.39, 0.29) is 17.5 Å². The van der Waals surface area contributed by atoms with E-state index >= 15 is 0 Å². The van der Waals surface area contributed by atoms with Crippen molar-refractivity contribution in [3.05, 3.63) is 62.1 Å². The van der Waals surface area contributed by atoms with Crippen LogP contribution in [0.2, 0.25) is 0 Å². The fourth-order valence-electron chi connectivity index (χ4n) is 1.94. The van der Waals surface area contributed by atoms with Gasteiger partial charge < -0.3 is 10.5 Å². The Balaban J connectivity index is 2.46. The predicted molar refractivity (Wildman–Crippen MR) is 84.7 cm³/mol. The molecule has 0 aliphatic rings. The highest BCUT2D eigenvalue weighted by atomic mass is 79.9. The first kappa shape index (κ1) is 15.5. The van der Waals surface area contributed by atoms with Crippen molar-refractivity contribution >= 4 is 21.6 Å². The molecule has 0 aliphatic carbocycles. The molecule has 2 rings (SSSR count). The van der Waals surface area contributed by atoms with Crippen LogP contribution in [0.3, 0.4) is 0 Å². The molecule has 2 N–H and O–H groups in total. The third-order valence-electron chi connectivity index (χ3n) is 2.99. The van der Waals surface area contributed by atoms with Crippen molar-refractivity contribution in [2.75, 3.05) is 0 Å². The molecular weight excluding hydrogens is 336 g/mol. The van der Waals surface area contributed by atoms with Crippen LogP contribution in [0, 0.1) is 17.0 Å². The lowest BCUT2D eigenvalue weighted by Crippen LogP contribution is -2.07. The van der Waals surface area contributed by atoms with Gasteiger partial charge in [-0.05, 0) is 43.7 Å². The SMILES string of the molecule is Cc1ccc(Oc2ccc(Br)cc2C(C)N)c([N+](=O)[O-])c1. The van der Waals surface area contributed by atoms with Gasteiger partial charge in [0.05, 0.1) is 4.92 Å². The molecule has 1 atom stereocenters. The summed E-state index contributed by atoms with van der Waals surface area (Å²) in [7, 11) is 0. The molecular formula is C15H15BrN2O3.